The summed E-state index contributed by atoms with van der Waals surface area (Å²) < 4.78 is 5.54. The number of nitrogens with zero attached hydrogens (tertiary/aromatic N) is 1. The number of carboxylic acid groups (broad SMARTS) is 1. The van der Waals surface area contributed by atoms with E-state index in [9.17, 15) is 4.79 Å². The summed E-state index contributed by atoms with van der Waals surface area (Å²) in [5, 5.41) is 8.75. The van der Waals surface area contributed by atoms with E-state index in [-0.39, 0.29) is 12.8 Å². The molecule has 1 saturated carbocycles. The van der Waals surface area contributed by atoms with Gasteiger partial charge in [-0.25, -0.2) is 4.79 Å². The number of hydrogen-bond donors (Lipinski definition) is 1. The van der Waals surface area contributed by atoms with Crippen LogP contribution in [-0.4, -0.2) is 35.5 Å². The van der Waals surface area contributed by atoms with Gasteiger partial charge in [-0.05, 0) is 19.8 Å². The Bertz CT molecular complexity index is 178. The number of rotatable bonds is 4. The van der Waals surface area contributed by atoms with Crippen molar-refractivity contribution in [1.29, 1.82) is 0 Å². The van der Waals surface area contributed by atoms with Gasteiger partial charge in [-0.2, -0.15) is 0 Å². The Hall–Kier alpha value is -0.770. The molecule has 0 aliphatic heterocycles. The predicted molar refractivity (Wildman–Crippen MR) is 53.2 cm³/mol. The lowest BCUT2D eigenvalue weighted by Crippen LogP contribution is -2.34. The number of carbonyl (C=O) groups is 1. The van der Waals surface area contributed by atoms with Crippen LogP contribution in [0.4, 0.5) is 4.79 Å². The zero-order valence-corrected chi connectivity index (χ0v) is 8.74. The molecule has 1 N–H and O–H groups in total. The molecule has 0 bridgehead atoms. The first-order valence-electron chi connectivity index (χ1n) is 5.33. The zero-order valence-electron chi connectivity index (χ0n) is 8.74. The fourth-order valence-corrected chi connectivity index (χ4v) is 1.71. The van der Waals surface area contributed by atoms with Crippen molar-refractivity contribution in [3.05, 3.63) is 0 Å². The standard InChI is InChI=1S/C10H19NO3/c1-2-11(10(12)13)8-14-9-6-4-3-5-7-9/h9H,2-8H2,1H3,(H,12,13). The van der Waals surface area contributed by atoms with Gasteiger partial charge in [-0.15, -0.1) is 0 Å². The molecule has 0 aromatic carbocycles. The van der Waals surface area contributed by atoms with Crippen LogP contribution in [0.1, 0.15) is 39.0 Å². The lowest BCUT2D eigenvalue weighted by atomic mass is 9.98. The molecule has 1 rings (SSSR count). The van der Waals surface area contributed by atoms with Gasteiger partial charge in [0, 0.05) is 6.54 Å². The minimum Gasteiger partial charge on any atom is -0.465 e. The number of hydrogen-bond acceptors (Lipinski definition) is 2. The summed E-state index contributed by atoms with van der Waals surface area (Å²) >= 11 is 0. The largest absolute Gasteiger partial charge is 0.465 e. The van der Waals surface area contributed by atoms with E-state index in [0.29, 0.717) is 6.54 Å². The summed E-state index contributed by atoms with van der Waals surface area (Å²) in [4.78, 5) is 11.9. The average molecular weight is 201 g/mol. The Morgan fingerprint density at radius 1 is 1.43 bits per heavy atom. The fourth-order valence-electron chi connectivity index (χ4n) is 1.71. The molecule has 0 aromatic heterocycles. The number of ether oxygens (including phenoxy) is 1. The highest BCUT2D eigenvalue weighted by molar-refractivity contribution is 5.64. The van der Waals surface area contributed by atoms with E-state index in [1.807, 2.05) is 6.92 Å². The zero-order chi connectivity index (χ0) is 10.4. The molecule has 1 amide bonds. The monoisotopic (exact) mass is 201 g/mol. The first-order valence-corrected chi connectivity index (χ1v) is 5.33. The molecule has 4 heteroatoms. The van der Waals surface area contributed by atoms with Crippen LogP contribution in [0.2, 0.25) is 0 Å². The Morgan fingerprint density at radius 3 is 2.57 bits per heavy atom. The maximum absolute atomic E-state index is 10.6. The van der Waals surface area contributed by atoms with E-state index in [1.165, 1.54) is 24.2 Å². The molecule has 0 radical (unpaired) electrons. The van der Waals surface area contributed by atoms with Crippen molar-refractivity contribution in [2.24, 2.45) is 0 Å². The quantitative estimate of drug-likeness (QED) is 0.710. The molecule has 1 aliphatic rings. The van der Waals surface area contributed by atoms with Crippen LogP contribution < -0.4 is 0 Å². The molecule has 4 nitrogen and oxygen atoms in total. The molecule has 0 aromatic rings. The summed E-state index contributed by atoms with van der Waals surface area (Å²) in [6, 6.07) is 0. The van der Waals surface area contributed by atoms with Crippen molar-refractivity contribution in [3.8, 4) is 0 Å². The third-order valence-electron chi connectivity index (χ3n) is 2.67. The van der Waals surface area contributed by atoms with Crippen molar-refractivity contribution < 1.29 is 14.6 Å². The van der Waals surface area contributed by atoms with Gasteiger partial charge < -0.3 is 9.84 Å². The van der Waals surface area contributed by atoms with E-state index in [0.717, 1.165) is 12.8 Å². The normalized spacial score (nSPS) is 18.1. The molecule has 1 fully saturated rings. The summed E-state index contributed by atoms with van der Waals surface area (Å²) in [7, 11) is 0. The first-order chi connectivity index (χ1) is 6.74. The van der Waals surface area contributed by atoms with Gasteiger partial charge in [0.1, 0.15) is 6.73 Å². The van der Waals surface area contributed by atoms with Crippen LogP contribution in [-0.2, 0) is 4.74 Å². The highest BCUT2D eigenvalue weighted by Gasteiger charge is 2.16. The van der Waals surface area contributed by atoms with Gasteiger partial charge in [-0.1, -0.05) is 19.3 Å². The highest BCUT2D eigenvalue weighted by atomic mass is 16.5. The lowest BCUT2D eigenvalue weighted by molar-refractivity contribution is -0.0283. The van der Waals surface area contributed by atoms with Gasteiger partial charge in [0.15, 0.2) is 0 Å². The Morgan fingerprint density at radius 2 is 2.07 bits per heavy atom. The minimum absolute atomic E-state index is 0.219. The Kier molecular flexibility index (Phi) is 4.73. The Labute approximate surface area is 84.8 Å². The van der Waals surface area contributed by atoms with Gasteiger partial charge >= 0.3 is 6.09 Å². The van der Waals surface area contributed by atoms with Crippen molar-refractivity contribution in [2.75, 3.05) is 13.3 Å². The topological polar surface area (TPSA) is 49.8 Å². The van der Waals surface area contributed by atoms with Crippen LogP contribution in [0.25, 0.3) is 0 Å². The van der Waals surface area contributed by atoms with Crippen molar-refractivity contribution in [1.82, 2.24) is 4.90 Å². The third kappa shape index (κ3) is 3.54. The fraction of sp³-hybridized carbons (Fsp3) is 0.900. The molecule has 0 saturated heterocycles. The second-order valence-corrected chi connectivity index (χ2v) is 3.69. The van der Waals surface area contributed by atoms with E-state index < -0.39 is 6.09 Å². The van der Waals surface area contributed by atoms with Crippen LogP contribution >= 0.6 is 0 Å². The van der Waals surface area contributed by atoms with Crippen LogP contribution in [0.5, 0.6) is 0 Å². The second kappa shape index (κ2) is 5.86. The second-order valence-electron chi connectivity index (χ2n) is 3.69. The van der Waals surface area contributed by atoms with Gasteiger partial charge in [0.2, 0.25) is 0 Å². The Balaban J connectivity index is 2.20. The molecule has 0 unspecified atom stereocenters. The van der Waals surface area contributed by atoms with Crippen LogP contribution in [0.15, 0.2) is 0 Å². The first kappa shape index (κ1) is 11.3. The molecule has 0 heterocycles. The molecular weight excluding hydrogens is 182 g/mol. The minimum atomic E-state index is -0.900. The third-order valence-corrected chi connectivity index (χ3v) is 2.67. The van der Waals surface area contributed by atoms with E-state index in [2.05, 4.69) is 0 Å². The summed E-state index contributed by atoms with van der Waals surface area (Å²) in [6.45, 7) is 2.52. The summed E-state index contributed by atoms with van der Waals surface area (Å²) in [6.07, 6.45) is 5.25. The van der Waals surface area contributed by atoms with Gasteiger partial charge in [-0.3, -0.25) is 4.90 Å². The lowest BCUT2D eigenvalue weighted by Gasteiger charge is -2.25. The van der Waals surface area contributed by atoms with Crippen molar-refractivity contribution in [3.63, 3.8) is 0 Å². The van der Waals surface area contributed by atoms with E-state index in [4.69, 9.17) is 9.84 Å². The molecule has 0 atom stereocenters. The molecule has 1 aliphatic carbocycles. The maximum Gasteiger partial charge on any atom is 0.409 e. The van der Waals surface area contributed by atoms with Crippen molar-refractivity contribution in [2.45, 2.75) is 45.1 Å². The maximum atomic E-state index is 10.6. The highest BCUT2D eigenvalue weighted by Crippen LogP contribution is 2.20. The summed E-state index contributed by atoms with van der Waals surface area (Å²) in [5.74, 6) is 0. The smallest absolute Gasteiger partial charge is 0.409 e. The van der Waals surface area contributed by atoms with E-state index >= 15 is 0 Å². The van der Waals surface area contributed by atoms with Crippen LogP contribution in [0, 0.1) is 0 Å². The SMILES string of the molecule is CCN(COC1CCCCC1)C(=O)O. The van der Waals surface area contributed by atoms with E-state index in [1.54, 1.807) is 0 Å². The molecule has 14 heavy (non-hydrogen) atoms. The average Bonchev–Trinajstić information content (AvgIpc) is 2.20. The van der Waals surface area contributed by atoms with Crippen LogP contribution in [0.3, 0.4) is 0 Å². The van der Waals surface area contributed by atoms with Gasteiger partial charge in [0.05, 0.1) is 6.10 Å². The summed E-state index contributed by atoms with van der Waals surface area (Å²) in [5.41, 5.74) is 0. The van der Waals surface area contributed by atoms with Gasteiger partial charge in [0.25, 0.3) is 0 Å². The molecule has 0 spiro atoms. The molecule has 82 valence electrons. The van der Waals surface area contributed by atoms with Crippen molar-refractivity contribution >= 4 is 6.09 Å². The molecular formula is C10H19NO3. The number of amides is 1. The predicted octanol–water partition coefficient (Wildman–Crippen LogP) is 2.29.